The van der Waals surface area contributed by atoms with Crippen molar-refractivity contribution in [1.82, 2.24) is 36.0 Å². The van der Waals surface area contributed by atoms with Crippen LogP contribution in [-0.4, -0.2) is 116 Å². The summed E-state index contributed by atoms with van der Waals surface area (Å²) in [6, 6.07) is 1.14. The standard InChI is InChI=1S/C25H45N7O2/c33-24(31-13-11-30(12-14-31)23-6-2-4-10-27-23)8-7-21-17-29-25(34)22-15-20(18-32(21)22)28-16-19-5-1-3-9-26-19/h19-23,26-28H,1-18H2,(H,29,34). The third-order valence-corrected chi connectivity index (χ3v) is 8.77. The number of fused-ring (bicyclic) bond motifs is 1. The number of carbonyl (C=O) groups excluding carboxylic acids is 2. The van der Waals surface area contributed by atoms with E-state index in [-0.39, 0.29) is 23.9 Å². The average molecular weight is 476 g/mol. The number of hydrogen-bond acceptors (Lipinski definition) is 7. The Balaban J connectivity index is 1.06. The molecule has 5 aliphatic rings. The molecule has 5 rings (SSSR count). The molecule has 5 heterocycles. The monoisotopic (exact) mass is 475 g/mol. The topological polar surface area (TPSA) is 92.0 Å². The van der Waals surface area contributed by atoms with E-state index in [4.69, 9.17) is 0 Å². The average Bonchev–Trinajstić information content (AvgIpc) is 3.34. The van der Waals surface area contributed by atoms with Gasteiger partial charge in [0.1, 0.15) is 0 Å². The van der Waals surface area contributed by atoms with E-state index in [9.17, 15) is 9.59 Å². The molecule has 0 bridgehead atoms. The number of carbonyl (C=O) groups is 2. The molecule has 5 saturated heterocycles. The maximum absolute atomic E-state index is 13.0. The predicted octanol–water partition coefficient (Wildman–Crippen LogP) is -0.317. The van der Waals surface area contributed by atoms with Gasteiger partial charge in [-0.1, -0.05) is 6.42 Å². The molecular formula is C25H45N7O2. The van der Waals surface area contributed by atoms with Crippen LogP contribution in [0, 0.1) is 0 Å². The molecule has 4 N–H and O–H groups in total. The molecule has 9 heteroatoms. The zero-order chi connectivity index (χ0) is 23.3. The molecule has 0 aromatic rings. The largest absolute Gasteiger partial charge is 0.353 e. The van der Waals surface area contributed by atoms with Crippen molar-refractivity contribution < 1.29 is 9.59 Å². The molecule has 0 saturated carbocycles. The Hall–Kier alpha value is -1.26. The van der Waals surface area contributed by atoms with Gasteiger partial charge >= 0.3 is 0 Å². The Kier molecular flexibility index (Phi) is 8.37. The fourth-order valence-electron chi connectivity index (χ4n) is 6.68. The summed E-state index contributed by atoms with van der Waals surface area (Å²) in [5.74, 6) is 0.442. The molecule has 0 aromatic carbocycles. The van der Waals surface area contributed by atoms with Gasteiger partial charge in [0.05, 0.1) is 12.2 Å². The minimum absolute atomic E-state index is 0.0443. The molecule has 5 aliphatic heterocycles. The van der Waals surface area contributed by atoms with Crippen LogP contribution in [0.2, 0.25) is 0 Å². The number of piperidine rings is 2. The zero-order valence-corrected chi connectivity index (χ0v) is 20.8. The number of amides is 2. The highest BCUT2D eigenvalue weighted by Gasteiger charge is 2.43. The van der Waals surface area contributed by atoms with E-state index < -0.39 is 0 Å². The quantitative estimate of drug-likeness (QED) is 0.401. The zero-order valence-electron chi connectivity index (χ0n) is 20.8. The summed E-state index contributed by atoms with van der Waals surface area (Å²) in [5.41, 5.74) is 0. The van der Waals surface area contributed by atoms with Gasteiger partial charge in [0.15, 0.2) is 0 Å². The van der Waals surface area contributed by atoms with Gasteiger partial charge in [-0.2, -0.15) is 0 Å². The van der Waals surface area contributed by atoms with Crippen molar-refractivity contribution in [2.75, 3.05) is 58.9 Å². The van der Waals surface area contributed by atoms with Gasteiger partial charge in [0.25, 0.3) is 0 Å². The van der Waals surface area contributed by atoms with Crippen LogP contribution in [0.1, 0.15) is 57.8 Å². The molecule has 2 amide bonds. The minimum atomic E-state index is -0.0443. The fourth-order valence-corrected chi connectivity index (χ4v) is 6.68. The third kappa shape index (κ3) is 5.93. The van der Waals surface area contributed by atoms with Crippen LogP contribution < -0.4 is 21.3 Å². The first-order chi connectivity index (χ1) is 16.7. The lowest BCUT2D eigenvalue weighted by atomic mass is 10.0. The summed E-state index contributed by atoms with van der Waals surface area (Å²) in [7, 11) is 0. The highest BCUT2D eigenvalue weighted by Crippen LogP contribution is 2.26. The van der Waals surface area contributed by atoms with Gasteiger partial charge in [-0.3, -0.25) is 19.4 Å². The van der Waals surface area contributed by atoms with Gasteiger partial charge in [-0.25, -0.2) is 0 Å². The minimum Gasteiger partial charge on any atom is -0.353 e. The highest BCUT2D eigenvalue weighted by atomic mass is 16.2. The Morgan fingerprint density at radius 3 is 2.53 bits per heavy atom. The number of rotatable bonds is 7. The van der Waals surface area contributed by atoms with Crippen molar-refractivity contribution in [1.29, 1.82) is 0 Å². The Labute approximate surface area is 204 Å². The molecule has 0 aliphatic carbocycles. The first-order valence-corrected chi connectivity index (χ1v) is 13.9. The highest BCUT2D eigenvalue weighted by molar-refractivity contribution is 5.83. The molecule has 34 heavy (non-hydrogen) atoms. The maximum Gasteiger partial charge on any atom is 0.237 e. The van der Waals surface area contributed by atoms with Crippen LogP contribution in [0.25, 0.3) is 0 Å². The van der Waals surface area contributed by atoms with Crippen LogP contribution in [-0.2, 0) is 9.59 Å². The van der Waals surface area contributed by atoms with Gasteiger partial charge in [-0.05, 0) is 58.0 Å². The van der Waals surface area contributed by atoms with Gasteiger partial charge in [-0.15, -0.1) is 0 Å². The second-order valence-electron chi connectivity index (χ2n) is 11.0. The second-order valence-corrected chi connectivity index (χ2v) is 11.0. The Morgan fingerprint density at radius 1 is 1.00 bits per heavy atom. The van der Waals surface area contributed by atoms with Gasteiger partial charge in [0, 0.05) is 70.4 Å². The lowest BCUT2D eigenvalue weighted by molar-refractivity contribution is -0.134. The van der Waals surface area contributed by atoms with Gasteiger partial charge in [0.2, 0.25) is 11.8 Å². The van der Waals surface area contributed by atoms with Crippen molar-refractivity contribution >= 4 is 11.8 Å². The third-order valence-electron chi connectivity index (χ3n) is 8.77. The van der Waals surface area contributed by atoms with Crippen LogP contribution >= 0.6 is 0 Å². The van der Waals surface area contributed by atoms with Gasteiger partial charge < -0.3 is 26.2 Å². The first kappa shape index (κ1) is 24.4. The summed E-state index contributed by atoms with van der Waals surface area (Å²) >= 11 is 0. The molecule has 0 aromatic heterocycles. The van der Waals surface area contributed by atoms with Crippen LogP contribution in [0.4, 0.5) is 0 Å². The fraction of sp³-hybridized carbons (Fsp3) is 0.920. The molecule has 5 unspecified atom stereocenters. The SMILES string of the molecule is O=C1NCC(CCC(=O)N2CCN(C3CCCCN3)CC2)N2CC(NCC3CCCCN3)CC12. The smallest absolute Gasteiger partial charge is 0.237 e. The van der Waals surface area contributed by atoms with E-state index in [2.05, 4.69) is 36.0 Å². The Bertz CT molecular complexity index is 687. The summed E-state index contributed by atoms with van der Waals surface area (Å²) in [6.45, 7) is 8.43. The molecule has 9 nitrogen and oxygen atoms in total. The summed E-state index contributed by atoms with van der Waals surface area (Å²) in [6.07, 6.45) is 10.4. The Morgan fingerprint density at radius 2 is 1.79 bits per heavy atom. The van der Waals surface area contributed by atoms with E-state index in [1.165, 1.54) is 38.5 Å². The number of piperazine rings is 2. The normalized spacial score (nSPS) is 35.7. The van der Waals surface area contributed by atoms with Crippen LogP contribution in [0.5, 0.6) is 0 Å². The van der Waals surface area contributed by atoms with E-state index in [0.29, 0.717) is 31.2 Å². The second kappa shape index (κ2) is 11.6. The van der Waals surface area contributed by atoms with Crippen molar-refractivity contribution in [3.63, 3.8) is 0 Å². The van der Waals surface area contributed by atoms with Crippen LogP contribution in [0.15, 0.2) is 0 Å². The molecular weight excluding hydrogens is 430 g/mol. The van der Waals surface area contributed by atoms with Crippen molar-refractivity contribution in [2.45, 2.75) is 88.1 Å². The van der Waals surface area contributed by atoms with Crippen molar-refractivity contribution in [2.24, 2.45) is 0 Å². The molecule has 5 fully saturated rings. The van der Waals surface area contributed by atoms with E-state index in [1.807, 2.05) is 0 Å². The predicted molar refractivity (Wildman–Crippen MR) is 132 cm³/mol. The summed E-state index contributed by atoms with van der Waals surface area (Å²) < 4.78 is 0. The summed E-state index contributed by atoms with van der Waals surface area (Å²) in [4.78, 5) is 32.5. The van der Waals surface area contributed by atoms with E-state index >= 15 is 0 Å². The summed E-state index contributed by atoms with van der Waals surface area (Å²) in [5, 5.41) is 14.1. The molecule has 0 spiro atoms. The number of nitrogens with one attached hydrogen (secondary N) is 4. The van der Waals surface area contributed by atoms with E-state index in [0.717, 1.165) is 65.2 Å². The first-order valence-electron chi connectivity index (χ1n) is 13.9. The number of hydrogen-bond donors (Lipinski definition) is 4. The van der Waals surface area contributed by atoms with Crippen molar-refractivity contribution in [3.8, 4) is 0 Å². The maximum atomic E-state index is 13.0. The lowest BCUT2D eigenvalue weighted by Gasteiger charge is -2.41. The molecule has 0 radical (unpaired) electrons. The van der Waals surface area contributed by atoms with Crippen molar-refractivity contribution in [3.05, 3.63) is 0 Å². The molecule has 5 atom stereocenters. The number of nitrogens with zero attached hydrogens (tertiary/aromatic N) is 3. The molecule has 192 valence electrons. The lowest BCUT2D eigenvalue weighted by Crippen LogP contribution is -2.58. The van der Waals surface area contributed by atoms with Crippen LogP contribution in [0.3, 0.4) is 0 Å². The van der Waals surface area contributed by atoms with E-state index in [1.54, 1.807) is 0 Å².